The van der Waals surface area contributed by atoms with E-state index in [0.29, 0.717) is 31.1 Å². The Morgan fingerprint density at radius 1 is 1.16 bits per heavy atom. The number of halogens is 1. The van der Waals surface area contributed by atoms with Crippen molar-refractivity contribution in [1.29, 1.82) is 0 Å². The number of carbonyl (C=O) groups excluding carboxylic acids is 1. The SMILES string of the molecule is Cc1ccc(-c2noc(CCC(=O)NCC(c3ccccc3Cl)N3CCCC3)n2)cc1. The van der Waals surface area contributed by atoms with Gasteiger partial charge in [0.2, 0.25) is 17.6 Å². The lowest BCUT2D eigenvalue weighted by molar-refractivity contribution is -0.121. The number of amides is 1. The van der Waals surface area contributed by atoms with E-state index in [1.165, 1.54) is 18.4 Å². The molecule has 0 radical (unpaired) electrons. The third kappa shape index (κ3) is 5.51. The Labute approximate surface area is 187 Å². The molecule has 4 rings (SSSR count). The first-order chi connectivity index (χ1) is 15.1. The van der Waals surface area contributed by atoms with Crippen molar-refractivity contribution in [3.8, 4) is 11.4 Å². The van der Waals surface area contributed by atoms with Crippen LogP contribution in [0.1, 0.15) is 42.3 Å². The fraction of sp³-hybridized carbons (Fsp3) is 0.375. The van der Waals surface area contributed by atoms with Crippen LogP contribution in [0.25, 0.3) is 11.4 Å². The molecule has 1 aliphatic heterocycles. The molecule has 1 saturated heterocycles. The molecule has 1 atom stereocenters. The topological polar surface area (TPSA) is 71.3 Å². The Hall–Kier alpha value is -2.70. The van der Waals surface area contributed by atoms with Crippen molar-refractivity contribution in [2.75, 3.05) is 19.6 Å². The Morgan fingerprint density at radius 3 is 2.65 bits per heavy atom. The van der Waals surface area contributed by atoms with E-state index in [-0.39, 0.29) is 11.9 Å². The van der Waals surface area contributed by atoms with Gasteiger partial charge in [-0.3, -0.25) is 9.69 Å². The zero-order chi connectivity index (χ0) is 21.6. The van der Waals surface area contributed by atoms with E-state index in [1.54, 1.807) is 0 Å². The molecule has 31 heavy (non-hydrogen) atoms. The molecule has 0 aliphatic carbocycles. The van der Waals surface area contributed by atoms with Crippen molar-refractivity contribution in [2.45, 2.75) is 38.6 Å². The summed E-state index contributed by atoms with van der Waals surface area (Å²) in [4.78, 5) is 19.3. The van der Waals surface area contributed by atoms with E-state index in [0.717, 1.165) is 29.2 Å². The molecule has 1 aromatic heterocycles. The fourth-order valence-electron chi connectivity index (χ4n) is 3.93. The monoisotopic (exact) mass is 438 g/mol. The highest BCUT2D eigenvalue weighted by Gasteiger charge is 2.25. The van der Waals surface area contributed by atoms with Crippen molar-refractivity contribution >= 4 is 17.5 Å². The number of rotatable bonds is 8. The van der Waals surface area contributed by atoms with Crippen LogP contribution < -0.4 is 5.32 Å². The minimum absolute atomic E-state index is 0.0358. The summed E-state index contributed by atoms with van der Waals surface area (Å²) in [7, 11) is 0. The average molecular weight is 439 g/mol. The van der Waals surface area contributed by atoms with Crippen LogP contribution in [-0.2, 0) is 11.2 Å². The van der Waals surface area contributed by atoms with Crippen LogP contribution in [0.15, 0.2) is 53.1 Å². The average Bonchev–Trinajstić information content (AvgIpc) is 3.47. The number of hydrogen-bond acceptors (Lipinski definition) is 5. The number of nitrogens with zero attached hydrogens (tertiary/aromatic N) is 3. The van der Waals surface area contributed by atoms with E-state index in [1.807, 2.05) is 55.5 Å². The molecule has 7 heteroatoms. The zero-order valence-corrected chi connectivity index (χ0v) is 18.4. The molecule has 1 unspecified atom stereocenters. The van der Waals surface area contributed by atoms with Crippen molar-refractivity contribution in [3.63, 3.8) is 0 Å². The molecular formula is C24H27ClN4O2. The number of benzene rings is 2. The predicted molar refractivity (Wildman–Crippen MR) is 121 cm³/mol. The predicted octanol–water partition coefficient (Wildman–Crippen LogP) is 4.58. The highest BCUT2D eigenvalue weighted by molar-refractivity contribution is 6.31. The third-order valence-corrected chi connectivity index (χ3v) is 6.03. The first kappa shape index (κ1) is 21.5. The van der Waals surface area contributed by atoms with E-state index in [2.05, 4.69) is 20.4 Å². The first-order valence-electron chi connectivity index (χ1n) is 10.7. The van der Waals surface area contributed by atoms with Gasteiger partial charge in [0.25, 0.3) is 0 Å². The maximum atomic E-state index is 12.5. The maximum absolute atomic E-state index is 12.5. The number of likely N-dealkylation sites (tertiary alicyclic amines) is 1. The van der Waals surface area contributed by atoms with Crippen LogP contribution in [0.4, 0.5) is 0 Å². The van der Waals surface area contributed by atoms with Crippen molar-refractivity contribution < 1.29 is 9.32 Å². The third-order valence-electron chi connectivity index (χ3n) is 5.68. The quantitative estimate of drug-likeness (QED) is 0.557. The normalized spacial score (nSPS) is 15.2. The molecule has 1 aliphatic rings. The number of hydrogen-bond donors (Lipinski definition) is 1. The summed E-state index contributed by atoms with van der Waals surface area (Å²) in [6, 6.07) is 15.9. The largest absolute Gasteiger partial charge is 0.354 e. The van der Waals surface area contributed by atoms with Gasteiger partial charge in [0.15, 0.2) is 0 Å². The smallest absolute Gasteiger partial charge is 0.227 e. The summed E-state index contributed by atoms with van der Waals surface area (Å²) in [6.07, 6.45) is 3.06. The van der Waals surface area contributed by atoms with Crippen LogP contribution in [0.5, 0.6) is 0 Å². The fourth-order valence-corrected chi connectivity index (χ4v) is 4.19. The molecular weight excluding hydrogens is 412 g/mol. The molecule has 1 fully saturated rings. The highest BCUT2D eigenvalue weighted by Crippen LogP contribution is 2.29. The number of carbonyl (C=O) groups is 1. The molecule has 2 aromatic carbocycles. The lowest BCUT2D eigenvalue weighted by atomic mass is 10.1. The van der Waals surface area contributed by atoms with Gasteiger partial charge in [0, 0.05) is 30.0 Å². The minimum atomic E-state index is -0.0358. The highest BCUT2D eigenvalue weighted by atomic mass is 35.5. The van der Waals surface area contributed by atoms with Gasteiger partial charge in [0.05, 0.1) is 6.04 Å². The van der Waals surface area contributed by atoms with Gasteiger partial charge in [-0.2, -0.15) is 4.98 Å². The van der Waals surface area contributed by atoms with Gasteiger partial charge in [-0.1, -0.05) is 64.8 Å². The summed E-state index contributed by atoms with van der Waals surface area (Å²) in [5, 5.41) is 7.84. The van der Waals surface area contributed by atoms with Gasteiger partial charge >= 0.3 is 0 Å². The molecule has 162 valence electrons. The van der Waals surface area contributed by atoms with E-state index >= 15 is 0 Å². The van der Waals surface area contributed by atoms with Gasteiger partial charge < -0.3 is 9.84 Å². The molecule has 1 amide bonds. The molecule has 1 N–H and O–H groups in total. The van der Waals surface area contributed by atoms with Crippen molar-refractivity contribution in [2.24, 2.45) is 0 Å². The Kier molecular flexibility index (Phi) is 6.99. The van der Waals surface area contributed by atoms with Gasteiger partial charge in [-0.05, 0) is 44.5 Å². The van der Waals surface area contributed by atoms with Crippen LogP contribution in [0, 0.1) is 6.92 Å². The summed E-state index contributed by atoms with van der Waals surface area (Å²) >= 11 is 6.45. The van der Waals surface area contributed by atoms with Gasteiger partial charge in [0.1, 0.15) is 0 Å². The number of aryl methyl sites for hydroxylation is 2. The van der Waals surface area contributed by atoms with E-state index in [4.69, 9.17) is 16.1 Å². The summed E-state index contributed by atoms with van der Waals surface area (Å²) in [5.74, 6) is 0.975. The maximum Gasteiger partial charge on any atom is 0.227 e. The molecule has 0 spiro atoms. The summed E-state index contributed by atoms with van der Waals surface area (Å²) in [6.45, 7) is 4.61. The molecule has 2 heterocycles. The molecule has 0 bridgehead atoms. The zero-order valence-electron chi connectivity index (χ0n) is 17.7. The second-order valence-corrected chi connectivity index (χ2v) is 8.37. The van der Waals surface area contributed by atoms with Gasteiger partial charge in [-0.15, -0.1) is 0 Å². The first-order valence-corrected chi connectivity index (χ1v) is 11.1. The second-order valence-electron chi connectivity index (χ2n) is 7.96. The summed E-state index contributed by atoms with van der Waals surface area (Å²) in [5.41, 5.74) is 3.14. The van der Waals surface area contributed by atoms with E-state index < -0.39 is 0 Å². The lowest BCUT2D eigenvalue weighted by Gasteiger charge is -2.29. The molecule has 3 aromatic rings. The Balaban J connectivity index is 1.33. The minimum Gasteiger partial charge on any atom is -0.354 e. The van der Waals surface area contributed by atoms with Crippen molar-refractivity contribution in [1.82, 2.24) is 20.4 Å². The standard InChI is InChI=1S/C24H27ClN4O2/c1-17-8-10-18(11-9-17)24-27-23(31-28-24)13-12-22(30)26-16-21(29-14-4-5-15-29)19-6-2-3-7-20(19)25/h2-3,6-11,21H,4-5,12-16H2,1H3,(H,26,30). The lowest BCUT2D eigenvalue weighted by Crippen LogP contribution is -2.37. The van der Waals surface area contributed by atoms with Gasteiger partial charge in [-0.25, -0.2) is 0 Å². The molecule has 0 saturated carbocycles. The number of aromatic nitrogens is 2. The second kappa shape index (κ2) is 10.1. The van der Waals surface area contributed by atoms with Crippen LogP contribution in [0.3, 0.4) is 0 Å². The van der Waals surface area contributed by atoms with Crippen LogP contribution >= 0.6 is 11.6 Å². The Bertz CT molecular complexity index is 1010. The van der Waals surface area contributed by atoms with Crippen LogP contribution in [0.2, 0.25) is 5.02 Å². The summed E-state index contributed by atoms with van der Waals surface area (Å²) < 4.78 is 5.32. The Morgan fingerprint density at radius 2 is 1.90 bits per heavy atom. The van der Waals surface area contributed by atoms with Crippen LogP contribution in [-0.4, -0.2) is 40.6 Å². The van der Waals surface area contributed by atoms with E-state index in [9.17, 15) is 4.79 Å². The molecule has 6 nitrogen and oxygen atoms in total. The number of nitrogens with one attached hydrogen (secondary N) is 1. The van der Waals surface area contributed by atoms with Crippen molar-refractivity contribution in [3.05, 3.63) is 70.6 Å².